The third-order valence-corrected chi connectivity index (χ3v) is 5.16. The van der Waals surface area contributed by atoms with Gasteiger partial charge < -0.3 is 9.47 Å². The Labute approximate surface area is 168 Å². The van der Waals surface area contributed by atoms with Gasteiger partial charge in [-0.3, -0.25) is 10.1 Å². The number of halogens is 3. The number of nitriles is 1. The molecule has 152 valence electrons. The molecular weight excluding hydrogens is 401 g/mol. The molecule has 0 unspecified atom stereocenters. The largest absolute Gasteiger partial charge is 0.495 e. The van der Waals surface area contributed by atoms with Crippen LogP contribution in [0.3, 0.4) is 0 Å². The normalized spacial score (nSPS) is 17.7. The summed E-state index contributed by atoms with van der Waals surface area (Å²) >= 11 is 0. The number of ether oxygens (including phenoxy) is 2. The topological polar surface area (TPSA) is 85.4 Å². The Bertz CT molecular complexity index is 1240. The fraction of sp³-hybridized carbons (Fsp3) is 0.190. The van der Waals surface area contributed by atoms with Crippen LogP contribution in [0.25, 0.3) is 10.8 Å². The monoisotopic (exact) mass is 414 g/mol. The minimum absolute atomic E-state index is 0.141. The summed E-state index contributed by atoms with van der Waals surface area (Å²) in [5, 5.41) is 22.2. The molecule has 0 saturated heterocycles. The molecule has 0 amide bonds. The minimum atomic E-state index is -1.44. The van der Waals surface area contributed by atoms with Gasteiger partial charge in [0.05, 0.1) is 12.7 Å². The molecule has 0 radical (unpaired) electrons. The van der Waals surface area contributed by atoms with Crippen molar-refractivity contribution in [2.24, 2.45) is 0 Å². The van der Waals surface area contributed by atoms with Crippen LogP contribution in [-0.2, 0) is 6.42 Å². The molecule has 1 aliphatic heterocycles. The average molecular weight is 414 g/mol. The van der Waals surface area contributed by atoms with Crippen molar-refractivity contribution in [3.8, 4) is 17.6 Å². The van der Waals surface area contributed by atoms with E-state index in [1.165, 1.54) is 7.11 Å². The van der Waals surface area contributed by atoms with E-state index >= 15 is 0 Å². The maximum atomic E-state index is 14.3. The van der Waals surface area contributed by atoms with Crippen LogP contribution in [-0.4, -0.2) is 18.1 Å². The number of methoxy groups -OCH3 is 1. The van der Waals surface area contributed by atoms with Gasteiger partial charge in [-0.2, -0.15) is 5.26 Å². The highest BCUT2D eigenvalue weighted by Crippen LogP contribution is 2.42. The van der Waals surface area contributed by atoms with E-state index < -0.39 is 40.1 Å². The fourth-order valence-corrected chi connectivity index (χ4v) is 3.72. The van der Waals surface area contributed by atoms with Crippen LogP contribution in [0, 0.1) is 38.9 Å². The van der Waals surface area contributed by atoms with Crippen LogP contribution in [0.5, 0.6) is 11.5 Å². The van der Waals surface area contributed by atoms with Crippen molar-refractivity contribution in [2.45, 2.75) is 18.6 Å². The van der Waals surface area contributed by atoms with Crippen molar-refractivity contribution in [1.82, 2.24) is 0 Å². The molecule has 1 aliphatic rings. The molecule has 6 nitrogen and oxygen atoms in total. The standard InChI is InChI=1S/C21H13F3N2O4/c1-29-20-7-12-10(4-11(20)9-25)2-3-19-13(12)6-18(26(27)28)21(30-19)14-5-16(23)17(24)8-15(14)22/h2-5,7-8,18,21H,6H2,1H3/t18-,21+/m0/s1. The Hall–Kier alpha value is -3.80. The third-order valence-electron chi connectivity index (χ3n) is 5.16. The van der Waals surface area contributed by atoms with Crippen LogP contribution in [0.15, 0.2) is 36.4 Å². The second kappa shape index (κ2) is 7.22. The smallest absolute Gasteiger partial charge is 0.257 e. The Kier molecular flexibility index (Phi) is 4.70. The van der Waals surface area contributed by atoms with E-state index in [1.54, 1.807) is 24.3 Å². The Balaban J connectivity index is 1.88. The number of hydrogen-bond donors (Lipinski definition) is 0. The first-order chi connectivity index (χ1) is 14.3. The average Bonchev–Trinajstić information content (AvgIpc) is 2.74. The van der Waals surface area contributed by atoms with E-state index in [0.29, 0.717) is 39.8 Å². The molecule has 0 spiro atoms. The van der Waals surface area contributed by atoms with Crippen LogP contribution in [0.2, 0.25) is 0 Å². The van der Waals surface area contributed by atoms with Crippen molar-refractivity contribution < 1.29 is 27.6 Å². The number of benzene rings is 3. The zero-order valence-corrected chi connectivity index (χ0v) is 15.5. The van der Waals surface area contributed by atoms with Crippen molar-refractivity contribution in [3.63, 3.8) is 0 Å². The Morgan fingerprint density at radius 3 is 2.57 bits per heavy atom. The first-order valence-electron chi connectivity index (χ1n) is 8.82. The highest BCUT2D eigenvalue weighted by Gasteiger charge is 2.42. The molecule has 3 aromatic carbocycles. The summed E-state index contributed by atoms with van der Waals surface area (Å²) in [4.78, 5) is 11.1. The summed E-state index contributed by atoms with van der Waals surface area (Å²) in [6, 6.07) is 7.89. The lowest BCUT2D eigenvalue weighted by atomic mass is 9.89. The van der Waals surface area contributed by atoms with Gasteiger partial charge in [-0.1, -0.05) is 6.07 Å². The highest BCUT2D eigenvalue weighted by atomic mass is 19.2. The molecule has 1 heterocycles. The van der Waals surface area contributed by atoms with Gasteiger partial charge in [-0.05, 0) is 35.0 Å². The van der Waals surface area contributed by atoms with Crippen LogP contribution in [0.4, 0.5) is 13.2 Å². The quantitative estimate of drug-likeness (QED) is 0.359. The zero-order valence-electron chi connectivity index (χ0n) is 15.5. The van der Waals surface area contributed by atoms with Gasteiger partial charge in [0.15, 0.2) is 17.7 Å². The SMILES string of the molecule is COc1cc2c3c(ccc2cc1C#N)O[C@H](c1cc(F)c(F)cc1F)[C@@H]([N+](=O)[O-])C3. The van der Waals surface area contributed by atoms with Gasteiger partial charge in [0.25, 0.3) is 6.04 Å². The van der Waals surface area contributed by atoms with E-state index in [0.717, 1.165) is 0 Å². The lowest BCUT2D eigenvalue weighted by Gasteiger charge is -2.30. The van der Waals surface area contributed by atoms with Crippen LogP contribution in [0.1, 0.15) is 22.8 Å². The molecule has 0 aromatic heterocycles. The zero-order chi connectivity index (χ0) is 21.6. The number of nitro groups is 1. The lowest BCUT2D eigenvalue weighted by Crippen LogP contribution is -2.37. The molecular formula is C21H13F3N2O4. The van der Waals surface area contributed by atoms with Gasteiger partial charge >= 0.3 is 0 Å². The van der Waals surface area contributed by atoms with Gasteiger partial charge in [-0.25, -0.2) is 13.2 Å². The molecule has 4 rings (SSSR count). The highest BCUT2D eigenvalue weighted by molar-refractivity contribution is 5.91. The number of nitrogens with zero attached hydrogens (tertiary/aromatic N) is 2. The van der Waals surface area contributed by atoms with Gasteiger partial charge in [-0.15, -0.1) is 0 Å². The fourth-order valence-electron chi connectivity index (χ4n) is 3.72. The molecule has 0 N–H and O–H groups in total. The summed E-state index contributed by atoms with van der Waals surface area (Å²) in [6.07, 6.45) is -1.59. The van der Waals surface area contributed by atoms with Crippen molar-refractivity contribution >= 4 is 10.8 Å². The lowest BCUT2D eigenvalue weighted by molar-refractivity contribution is -0.535. The van der Waals surface area contributed by atoms with Crippen molar-refractivity contribution in [2.75, 3.05) is 7.11 Å². The molecule has 0 bridgehead atoms. The van der Waals surface area contributed by atoms with Gasteiger partial charge in [0.2, 0.25) is 0 Å². The van der Waals surface area contributed by atoms with E-state index in [9.17, 15) is 28.5 Å². The van der Waals surface area contributed by atoms with Gasteiger partial charge in [0, 0.05) is 28.5 Å². The van der Waals surface area contributed by atoms with Gasteiger partial charge in [0.1, 0.15) is 23.4 Å². The summed E-state index contributed by atoms with van der Waals surface area (Å²) < 4.78 is 52.3. The van der Waals surface area contributed by atoms with E-state index in [2.05, 4.69) is 0 Å². The summed E-state index contributed by atoms with van der Waals surface area (Å²) in [5.74, 6) is -3.30. The van der Waals surface area contributed by atoms with Crippen molar-refractivity contribution in [1.29, 1.82) is 5.26 Å². The van der Waals surface area contributed by atoms with E-state index in [-0.39, 0.29) is 12.2 Å². The number of hydrogen-bond acceptors (Lipinski definition) is 5. The second-order valence-electron chi connectivity index (χ2n) is 6.81. The first-order valence-corrected chi connectivity index (χ1v) is 8.82. The van der Waals surface area contributed by atoms with Crippen molar-refractivity contribution in [3.05, 3.63) is 80.7 Å². The molecule has 0 fully saturated rings. The maximum absolute atomic E-state index is 14.3. The molecule has 2 atom stereocenters. The first kappa shape index (κ1) is 19.5. The summed E-state index contributed by atoms with van der Waals surface area (Å²) in [7, 11) is 1.40. The molecule has 0 saturated carbocycles. The predicted molar refractivity (Wildman–Crippen MR) is 99.4 cm³/mol. The third kappa shape index (κ3) is 3.06. The Morgan fingerprint density at radius 2 is 1.90 bits per heavy atom. The molecule has 0 aliphatic carbocycles. The van der Waals surface area contributed by atoms with Crippen LogP contribution < -0.4 is 9.47 Å². The summed E-state index contributed by atoms with van der Waals surface area (Å²) in [5.41, 5.74) is 0.351. The molecule has 3 aromatic rings. The van der Waals surface area contributed by atoms with E-state index in [4.69, 9.17) is 9.47 Å². The maximum Gasteiger partial charge on any atom is 0.257 e. The molecule has 9 heteroatoms. The Morgan fingerprint density at radius 1 is 1.17 bits per heavy atom. The predicted octanol–water partition coefficient (Wildman–Crippen LogP) is 4.46. The number of fused-ring (bicyclic) bond motifs is 3. The van der Waals surface area contributed by atoms with Crippen LogP contribution >= 0.6 is 0 Å². The second-order valence-corrected chi connectivity index (χ2v) is 6.81. The summed E-state index contributed by atoms with van der Waals surface area (Å²) in [6.45, 7) is 0. The molecule has 30 heavy (non-hydrogen) atoms. The minimum Gasteiger partial charge on any atom is -0.495 e. The number of rotatable bonds is 3. The van der Waals surface area contributed by atoms with E-state index in [1.807, 2.05) is 6.07 Å².